The maximum Gasteiger partial charge on any atom is 0.240 e. The van der Waals surface area contributed by atoms with Crippen molar-refractivity contribution in [1.82, 2.24) is 4.72 Å². The molecule has 0 amide bonds. The van der Waals surface area contributed by atoms with Crippen LogP contribution in [0, 0.1) is 0 Å². The number of ether oxygens (including phenoxy) is 1. The molecule has 5 heteroatoms. The van der Waals surface area contributed by atoms with Gasteiger partial charge < -0.3 is 4.74 Å². The van der Waals surface area contributed by atoms with Gasteiger partial charge in [-0.1, -0.05) is 48.5 Å². The largest absolute Gasteiger partial charge is 0.496 e. The van der Waals surface area contributed by atoms with Crippen molar-refractivity contribution in [2.75, 3.05) is 7.11 Å². The minimum absolute atomic E-state index is 0.180. The van der Waals surface area contributed by atoms with E-state index in [1.165, 1.54) is 0 Å². The van der Waals surface area contributed by atoms with E-state index < -0.39 is 10.0 Å². The molecule has 3 rings (SSSR count). The summed E-state index contributed by atoms with van der Waals surface area (Å²) < 4.78 is 32.9. The van der Waals surface area contributed by atoms with Gasteiger partial charge in [-0.25, -0.2) is 13.1 Å². The van der Waals surface area contributed by atoms with Crippen LogP contribution in [0.1, 0.15) is 5.56 Å². The lowest BCUT2D eigenvalue weighted by Crippen LogP contribution is -2.23. The van der Waals surface area contributed by atoms with Crippen LogP contribution in [0.5, 0.6) is 5.75 Å². The van der Waals surface area contributed by atoms with Crippen LogP contribution >= 0.6 is 0 Å². The van der Waals surface area contributed by atoms with Gasteiger partial charge in [-0.05, 0) is 29.0 Å². The fraction of sp³-hybridized carbons (Fsp3) is 0.111. The molecular formula is C18H17NO3S. The Balaban J connectivity index is 1.85. The van der Waals surface area contributed by atoms with Crippen molar-refractivity contribution in [3.05, 3.63) is 72.3 Å². The number of methoxy groups -OCH3 is 1. The highest BCUT2D eigenvalue weighted by Gasteiger charge is 2.15. The molecule has 0 aliphatic heterocycles. The zero-order chi connectivity index (χ0) is 16.3. The molecule has 0 aromatic heterocycles. The van der Waals surface area contributed by atoms with Gasteiger partial charge in [0, 0.05) is 12.1 Å². The summed E-state index contributed by atoms with van der Waals surface area (Å²) in [4.78, 5) is 0.256. The molecule has 118 valence electrons. The SMILES string of the molecule is COc1ccccc1CNS(=O)(=O)c1ccc2ccccc2c1. The Labute approximate surface area is 135 Å². The first kappa shape index (κ1) is 15.5. The summed E-state index contributed by atoms with van der Waals surface area (Å²) in [7, 11) is -2.01. The molecule has 0 unspecified atom stereocenters. The minimum Gasteiger partial charge on any atom is -0.496 e. The number of nitrogens with one attached hydrogen (secondary N) is 1. The van der Waals surface area contributed by atoms with Crippen molar-refractivity contribution in [2.24, 2.45) is 0 Å². The lowest BCUT2D eigenvalue weighted by atomic mass is 10.1. The lowest BCUT2D eigenvalue weighted by Gasteiger charge is -2.10. The zero-order valence-electron chi connectivity index (χ0n) is 12.7. The molecular weight excluding hydrogens is 310 g/mol. The Morgan fingerprint density at radius 2 is 1.61 bits per heavy atom. The number of hydrogen-bond donors (Lipinski definition) is 1. The highest BCUT2D eigenvalue weighted by atomic mass is 32.2. The first-order chi connectivity index (χ1) is 11.1. The van der Waals surface area contributed by atoms with Crippen molar-refractivity contribution in [2.45, 2.75) is 11.4 Å². The van der Waals surface area contributed by atoms with Crippen LogP contribution in [-0.2, 0) is 16.6 Å². The molecule has 4 nitrogen and oxygen atoms in total. The molecule has 3 aromatic carbocycles. The number of sulfonamides is 1. The van der Waals surface area contributed by atoms with Crippen molar-refractivity contribution in [3.63, 3.8) is 0 Å². The normalized spacial score (nSPS) is 11.5. The second-order valence-corrected chi connectivity index (χ2v) is 6.91. The third-order valence-corrected chi connectivity index (χ3v) is 5.08. The van der Waals surface area contributed by atoms with E-state index in [2.05, 4.69) is 4.72 Å². The van der Waals surface area contributed by atoms with E-state index in [1.54, 1.807) is 25.3 Å². The standard InChI is InChI=1S/C18H17NO3S/c1-22-18-9-5-4-8-16(18)13-19-23(20,21)17-11-10-14-6-2-3-7-15(14)12-17/h2-12,19H,13H2,1H3. The van der Waals surface area contributed by atoms with Gasteiger partial charge in [-0.3, -0.25) is 0 Å². The maximum atomic E-state index is 12.5. The van der Waals surface area contributed by atoms with Crippen LogP contribution in [0.25, 0.3) is 10.8 Å². The molecule has 0 atom stereocenters. The first-order valence-corrected chi connectivity index (χ1v) is 8.69. The van der Waals surface area contributed by atoms with Gasteiger partial charge in [0.25, 0.3) is 0 Å². The lowest BCUT2D eigenvalue weighted by molar-refractivity contribution is 0.409. The zero-order valence-corrected chi connectivity index (χ0v) is 13.5. The summed E-state index contributed by atoms with van der Waals surface area (Å²) in [6, 6.07) is 20.1. The van der Waals surface area contributed by atoms with Crippen LogP contribution in [0.15, 0.2) is 71.6 Å². The van der Waals surface area contributed by atoms with E-state index in [0.29, 0.717) is 5.75 Å². The maximum absolute atomic E-state index is 12.5. The third-order valence-electron chi connectivity index (χ3n) is 3.68. The molecule has 0 aliphatic rings. The van der Waals surface area contributed by atoms with Gasteiger partial charge in [0.1, 0.15) is 5.75 Å². The van der Waals surface area contributed by atoms with Gasteiger partial charge in [0.2, 0.25) is 10.0 Å². The van der Waals surface area contributed by atoms with Crippen molar-refractivity contribution < 1.29 is 13.2 Å². The second-order valence-electron chi connectivity index (χ2n) is 5.15. The van der Waals surface area contributed by atoms with Gasteiger partial charge in [-0.15, -0.1) is 0 Å². The fourth-order valence-corrected chi connectivity index (χ4v) is 3.48. The average molecular weight is 327 g/mol. The molecule has 0 saturated heterocycles. The summed E-state index contributed by atoms with van der Waals surface area (Å²) in [5.74, 6) is 0.661. The van der Waals surface area contributed by atoms with Crippen molar-refractivity contribution >= 4 is 20.8 Å². The predicted octanol–water partition coefficient (Wildman–Crippen LogP) is 3.33. The molecule has 0 heterocycles. The Hall–Kier alpha value is -2.37. The highest BCUT2D eigenvalue weighted by molar-refractivity contribution is 7.89. The summed E-state index contributed by atoms with van der Waals surface area (Å²) in [6.07, 6.45) is 0. The average Bonchev–Trinajstić information content (AvgIpc) is 2.60. The van der Waals surface area contributed by atoms with Crippen LogP contribution in [-0.4, -0.2) is 15.5 Å². The monoisotopic (exact) mass is 327 g/mol. The van der Waals surface area contributed by atoms with E-state index in [4.69, 9.17) is 4.74 Å². The molecule has 0 saturated carbocycles. The number of benzene rings is 3. The summed E-state index contributed by atoms with van der Waals surface area (Å²) >= 11 is 0. The van der Waals surface area contributed by atoms with Crippen molar-refractivity contribution in [1.29, 1.82) is 0 Å². The number of rotatable bonds is 5. The Kier molecular flexibility index (Phi) is 4.32. The van der Waals surface area contributed by atoms with Gasteiger partial charge in [0.15, 0.2) is 0 Å². The summed E-state index contributed by atoms with van der Waals surface area (Å²) in [6.45, 7) is 0.180. The molecule has 0 spiro atoms. The van der Waals surface area contributed by atoms with Crippen LogP contribution in [0.2, 0.25) is 0 Å². The number of fused-ring (bicyclic) bond motifs is 1. The smallest absolute Gasteiger partial charge is 0.240 e. The third kappa shape index (κ3) is 3.36. The fourth-order valence-electron chi connectivity index (χ4n) is 2.44. The van der Waals surface area contributed by atoms with Gasteiger partial charge in [-0.2, -0.15) is 0 Å². The Bertz CT molecular complexity index is 936. The molecule has 3 aromatic rings. The summed E-state index contributed by atoms with van der Waals surface area (Å²) in [5.41, 5.74) is 0.791. The molecule has 0 radical (unpaired) electrons. The summed E-state index contributed by atoms with van der Waals surface area (Å²) in [5, 5.41) is 1.91. The van der Waals surface area contributed by atoms with Gasteiger partial charge >= 0.3 is 0 Å². The first-order valence-electron chi connectivity index (χ1n) is 7.20. The highest BCUT2D eigenvalue weighted by Crippen LogP contribution is 2.21. The quantitative estimate of drug-likeness (QED) is 0.782. The van der Waals surface area contributed by atoms with Crippen LogP contribution in [0.4, 0.5) is 0 Å². The minimum atomic E-state index is -3.58. The molecule has 0 bridgehead atoms. The molecule has 1 N–H and O–H groups in total. The topological polar surface area (TPSA) is 55.4 Å². The van der Waals surface area contributed by atoms with E-state index in [-0.39, 0.29) is 11.4 Å². The second kappa shape index (κ2) is 6.40. The van der Waals surface area contributed by atoms with E-state index >= 15 is 0 Å². The van der Waals surface area contributed by atoms with Crippen LogP contribution in [0.3, 0.4) is 0 Å². The predicted molar refractivity (Wildman–Crippen MR) is 91.0 cm³/mol. The Morgan fingerprint density at radius 3 is 2.39 bits per heavy atom. The Morgan fingerprint density at radius 1 is 0.913 bits per heavy atom. The van der Waals surface area contributed by atoms with Crippen LogP contribution < -0.4 is 9.46 Å². The number of hydrogen-bond acceptors (Lipinski definition) is 3. The van der Waals surface area contributed by atoms with E-state index in [9.17, 15) is 8.42 Å². The van der Waals surface area contributed by atoms with E-state index in [0.717, 1.165) is 16.3 Å². The molecule has 23 heavy (non-hydrogen) atoms. The van der Waals surface area contributed by atoms with Gasteiger partial charge in [0.05, 0.1) is 12.0 Å². The number of para-hydroxylation sites is 1. The molecule has 0 fully saturated rings. The van der Waals surface area contributed by atoms with Crippen molar-refractivity contribution in [3.8, 4) is 5.75 Å². The molecule has 0 aliphatic carbocycles. The van der Waals surface area contributed by atoms with E-state index in [1.807, 2.05) is 48.5 Å².